The van der Waals surface area contributed by atoms with Gasteiger partial charge in [0.1, 0.15) is 0 Å². The number of nitrogens with one attached hydrogen (secondary N) is 1. The number of carbonyl (C=O) groups excluding carboxylic acids is 1. The highest BCUT2D eigenvalue weighted by atomic mass is 16.1. The molecule has 3 rings (SSSR count). The first-order chi connectivity index (χ1) is 13.6. The number of aromatic nitrogens is 3. The predicted octanol–water partition coefficient (Wildman–Crippen LogP) is 2.35. The number of amides is 1. The fraction of sp³-hybridized carbons (Fsp3) is 0.227. The Morgan fingerprint density at radius 2 is 2.07 bits per heavy atom. The van der Waals surface area contributed by atoms with Crippen molar-refractivity contribution in [3.05, 3.63) is 77.9 Å². The molecule has 0 spiro atoms. The van der Waals surface area contributed by atoms with Crippen LogP contribution in [0.1, 0.15) is 27.9 Å². The minimum atomic E-state index is -0.102. The predicted molar refractivity (Wildman–Crippen MR) is 109 cm³/mol. The van der Waals surface area contributed by atoms with Crippen molar-refractivity contribution in [1.82, 2.24) is 25.0 Å². The van der Waals surface area contributed by atoms with E-state index in [9.17, 15) is 4.79 Å². The second-order valence-corrected chi connectivity index (χ2v) is 6.59. The Bertz CT molecular complexity index is 969. The third-order valence-electron chi connectivity index (χ3n) is 4.08. The normalized spacial score (nSPS) is 10.4. The summed E-state index contributed by atoms with van der Waals surface area (Å²) in [4.78, 5) is 18.7. The maximum Gasteiger partial charge on any atom is 0.251 e. The summed E-state index contributed by atoms with van der Waals surface area (Å²) in [6.45, 7) is 1.56. The summed E-state index contributed by atoms with van der Waals surface area (Å²) in [5.41, 5.74) is 2.95. The molecule has 2 aromatic heterocycles. The molecule has 1 aromatic carbocycles. The van der Waals surface area contributed by atoms with Gasteiger partial charge in [-0.3, -0.25) is 9.78 Å². The molecule has 0 aliphatic rings. The van der Waals surface area contributed by atoms with Crippen LogP contribution >= 0.6 is 0 Å². The highest BCUT2D eigenvalue weighted by Gasteiger charge is 2.10. The number of hydrogen-bond acceptors (Lipinski definition) is 4. The fourth-order valence-electron chi connectivity index (χ4n) is 2.66. The van der Waals surface area contributed by atoms with Crippen LogP contribution in [-0.2, 0) is 0 Å². The summed E-state index contributed by atoms with van der Waals surface area (Å²) in [6.07, 6.45) is 7.89. The van der Waals surface area contributed by atoms with Gasteiger partial charge in [-0.2, -0.15) is 5.10 Å². The van der Waals surface area contributed by atoms with Crippen molar-refractivity contribution in [1.29, 1.82) is 0 Å². The quantitative estimate of drug-likeness (QED) is 0.532. The van der Waals surface area contributed by atoms with Gasteiger partial charge in [0.2, 0.25) is 0 Å². The van der Waals surface area contributed by atoms with Crippen LogP contribution in [0.4, 0.5) is 0 Å². The molecule has 6 nitrogen and oxygen atoms in total. The van der Waals surface area contributed by atoms with Gasteiger partial charge in [-0.05, 0) is 63.5 Å². The molecule has 0 aliphatic heterocycles. The molecule has 6 heteroatoms. The van der Waals surface area contributed by atoms with Gasteiger partial charge in [0.25, 0.3) is 5.91 Å². The Labute approximate surface area is 165 Å². The molecule has 0 aliphatic carbocycles. The van der Waals surface area contributed by atoms with Crippen molar-refractivity contribution in [3.63, 3.8) is 0 Å². The SMILES string of the molecule is CN(C)CCCNC(=O)c1ccc(-n2cccn2)c(C#Cc2cccnc2)c1. The molecule has 3 aromatic rings. The van der Waals surface area contributed by atoms with Gasteiger partial charge < -0.3 is 10.2 Å². The Kier molecular flexibility index (Phi) is 6.55. The van der Waals surface area contributed by atoms with E-state index in [-0.39, 0.29) is 5.91 Å². The van der Waals surface area contributed by atoms with Crippen LogP contribution in [0.5, 0.6) is 0 Å². The van der Waals surface area contributed by atoms with E-state index in [1.807, 2.05) is 50.6 Å². The second kappa shape index (κ2) is 9.49. The lowest BCUT2D eigenvalue weighted by Gasteiger charge is -2.11. The van der Waals surface area contributed by atoms with Gasteiger partial charge in [0, 0.05) is 42.5 Å². The molecule has 0 saturated carbocycles. The molecule has 0 radical (unpaired) electrons. The molecule has 0 atom stereocenters. The minimum Gasteiger partial charge on any atom is -0.352 e. The molecule has 0 fully saturated rings. The number of rotatable bonds is 6. The molecule has 142 valence electrons. The van der Waals surface area contributed by atoms with E-state index in [2.05, 4.69) is 32.1 Å². The standard InChI is InChI=1S/C22H23N5O/c1-26(2)14-4-12-24-22(28)20-9-10-21(27-15-5-13-25-27)19(16-20)8-7-18-6-3-11-23-17-18/h3,5-6,9-11,13,15-17H,4,12,14H2,1-2H3,(H,24,28). The third kappa shape index (κ3) is 5.29. The average Bonchev–Trinajstić information content (AvgIpc) is 3.24. The summed E-state index contributed by atoms with van der Waals surface area (Å²) >= 11 is 0. The molecule has 0 saturated heterocycles. The number of carbonyl (C=O) groups is 1. The largest absolute Gasteiger partial charge is 0.352 e. The topological polar surface area (TPSA) is 63.1 Å². The van der Waals surface area contributed by atoms with Crippen LogP contribution in [0.3, 0.4) is 0 Å². The van der Waals surface area contributed by atoms with Crippen molar-refractivity contribution in [3.8, 4) is 17.5 Å². The number of hydrogen-bond donors (Lipinski definition) is 1. The molecule has 1 amide bonds. The van der Waals surface area contributed by atoms with Crippen LogP contribution in [0.15, 0.2) is 61.2 Å². The molecule has 0 bridgehead atoms. The van der Waals surface area contributed by atoms with E-state index >= 15 is 0 Å². The number of benzene rings is 1. The molecular formula is C22H23N5O. The maximum absolute atomic E-state index is 12.5. The molecule has 1 N–H and O–H groups in total. The van der Waals surface area contributed by atoms with E-state index < -0.39 is 0 Å². The molecule has 0 unspecified atom stereocenters. The summed E-state index contributed by atoms with van der Waals surface area (Å²) in [7, 11) is 4.03. The van der Waals surface area contributed by atoms with Crippen molar-refractivity contribution in [2.75, 3.05) is 27.2 Å². The van der Waals surface area contributed by atoms with Gasteiger partial charge in [0.05, 0.1) is 11.3 Å². The first-order valence-electron chi connectivity index (χ1n) is 9.12. The zero-order chi connectivity index (χ0) is 19.8. The first kappa shape index (κ1) is 19.3. The Balaban J connectivity index is 1.84. The number of nitrogens with zero attached hydrogens (tertiary/aromatic N) is 4. The van der Waals surface area contributed by atoms with E-state index in [1.165, 1.54) is 0 Å². The highest BCUT2D eigenvalue weighted by molar-refractivity contribution is 5.95. The van der Waals surface area contributed by atoms with Crippen LogP contribution in [0.25, 0.3) is 5.69 Å². The molecule has 28 heavy (non-hydrogen) atoms. The smallest absolute Gasteiger partial charge is 0.251 e. The Morgan fingerprint density at radius 3 is 2.79 bits per heavy atom. The van der Waals surface area contributed by atoms with Gasteiger partial charge in [-0.15, -0.1) is 0 Å². The molecular weight excluding hydrogens is 350 g/mol. The maximum atomic E-state index is 12.5. The monoisotopic (exact) mass is 373 g/mol. The Morgan fingerprint density at radius 1 is 1.18 bits per heavy atom. The summed E-state index contributed by atoms with van der Waals surface area (Å²) in [6, 6.07) is 11.1. The summed E-state index contributed by atoms with van der Waals surface area (Å²) < 4.78 is 1.74. The first-order valence-corrected chi connectivity index (χ1v) is 9.12. The zero-order valence-corrected chi connectivity index (χ0v) is 16.1. The van der Waals surface area contributed by atoms with Crippen LogP contribution in [0.2, 0.25) is 0 Å². The van der Waals surface area contributed by atoms with E-state index in [0.717, 1.165) is 29.8 Å². The van der Waals surface area contributed by atoms with Crippen LogP contribution in [0, 0.1) is 11.8 Å². The lowest BCUT2D eigenvalue weighted by Crippen LogP contribution is -2.27. The van der Waals surface area contributed by atoms with Crippen molar-refractivity contribution in [2.45, 2.75) is 6.42 Å². The van der Waals surface area contributed by atoms with Crippen LogP contribution < -0.4 is 5.32 Å². The van der Waals surface area contributed by atoms with Gasteiger partial charge in [0.15, 0.2) is 0 Å². The lowest BCUT2D eigenvalue weighted by atomic mass is 10.1. The van der Waals surface area contributed by atoms with Gasteiger partial charge in [-0.1, -0.05) is 11.8 Å². The second-order valence-electron chi connectivity index (χ2n) is 6.59. The Hall–Kier alpha value is -3.43. The van der Waals surface area contributed by atoms with Crippen molar-refractivity contribution < 1.29 is 4.79 Å². The fourth-order valence-corrected chi connectivity index (χ4v) is 2.66. The van der Waals surface area contributed by atoms with Gasteiger partial charge in [-0.25, -0.2) is 4.68 Å². The van der Waals surface area contributed by atoms with Gasteiger partial charge >= 0.3 is 0 Å². The minimum absolute atomic E-state index is 0.102. The van der Waals surface area contributed by atoms with E-state index in [0.29, 0.717) is 12.1 Å². The number of pyridine rings is 1. The van der Waals surface area contributed by atoms with E-state index in [1.54, 1.807) is 29.3 Å². The van der Waals surface area contributed by atoms with Crippen molar-refractivity contribution >= 4 is 5.91 Å². The van der Waals surface area contributed by atoms with Crippen molar-refractivity contribution in [2.24, 2.45) is 0 Å². The molecule has 2 heterocycles. The summed E-state index contributed by atoms with van der Waals surface area (Å²) in [5.74, 6) is 6.16. The lowest BCUT2D eigenvalue weighted by molar-refractivity contribution is 0.0952. The summed E-state index contributed by atoms with van der Waals surface area (Å²) in [5, 5.41) is 7.25. The zero-order valence-electron chi connectivity index (χ0n) is 16.1. The van der Waals surface area contributed by atoms with E-state index in [4.69, 9.17) is 0 Å². The highest BCUT2D eigenvalue weighted by Crippen LogP contribution is 2.16. The average molecular weight is 373 g/mol. The third-order valence-corrected chi connectivity index (χ3v) is 4.08. The van der Waals surface area contributed by atoms with Crippen LogP contribution in [-0.4, -0.2) is 52.8 Å².